The fourth-order valence-electron chi connectivity index (χ4n) is 1.96. The largest absolute Gasteiger partial charge is 0.481 e. The first-order valence-corrected chi connectivity index (χ1v) is 7.00. The van der Waals surface area contributed by atoms with Crippen LogP contribution in [0.2, 0.25) is 0 Å². The highest BCUT2D eigenvalue weighted by Gasteiger charge is 2.27. The van der Waals surface area contributed by atoms with Crippen LogP contribution < -0.4 is 0 Å². The Labute approximate surface area is 126 Å². The van der Waals surface area contributed by atoms with Crippen molar-refractivity contribution in [1.82, 2.24) is 9.97 Å². The molecule has 0 aliphatic heterocycles. The van der Waals surface area contributed by atoms with Crippen LogP contribution >= 0.6 is 15.9 Å². The Bertz CT molecular complexity index is 641. The second kappa shape index (κ2) is 5.71. The van der Waals surface area contributed by atoms with Gasteiger partial charge in [0.2, 0.25) is 0 Å². The van der Waals surface area contributed by atoms with Gasteiger partial charge in [0.05, 0.1) is 12.1 Å². The zero-order valence-corrected chi connectivity index (χ0v) is 12.9. The van der Waals surface area contributed by atoms with Gasteiger partial charge in [-0.1, -0.05) is 48.0 Å². The van der Waals surface area contributed by atoms with E-state index in [2.05, 4.69) is 25.9 Å². The molecule has 2 rings (SSSR count). The third-order valence-corrected chi connectivity index (χ3v) is 3.70. The summed E-state index contributed by atoms with van der Waals surface area (Å²) in [6.45, 7) is 3.67. The lowest BCUT2D eigenvalue weighted by molar-refractivity contribution is -0.138. The van der Waals surface area contributed by atoms with Crippen molar-refractivity contribution in [2.24, 2.45) is 0 Å². The van der Waals surface area contributed by atoms with E-state index in [1.165, 1.54) is 0 Å². The molecule has 0 aliphatic carbocycles. The van der Waals surface area contributed by atoms with E-state index in [0.29, 0.717) is 5.82 Å². The number of rotatable bonds is 4. The van der Waals surface area contributed by atoms with Crippen molar-refractivity contribution >= 4 is 21.9 Å². The van der Waals surface area contributed by atoms with Gasteiger partial charge in [-0.05, 0) is 12.1 Å². The average molecular weight is 335 g/mol. The maximum atomic E-state index is 10.9. The number of benzene rings is 1. The van der Waals surface area contributed by atoms with Gasteiger partial charge in [0, 0.05) is 21.6 Å². The van der Waals surface area contributed by atoms with Gasteiger partial charge < -0.3 is 5.11 Å². The number of carboxylic acid groups (broad SMARTS) is 1. The van der Waals surface area contributed by atoms with Crippen molar-refractivity contribution in [3.63, 3.8) is 0 Å². The minimum Gasteiger partial charge on any atom is -0.481 e. The summed E-state index contributed by atoms with van der Waals surface area (Å²) in [4.78, 5) is 19.7. The smallest absolute Gasteiger partial charge is 0.304 e. The van der Waals surface area contributed by atoms with Crippen LogP contribution in [-0.2, 0) is 10.2 Å². The third kappa shape index (κ3) is 3.22. The Hall–Kier alpha value is -1.75. The Kier molecular flexibility index (Phi) is 4.18. The molecule has 1 N–H and O–H groups in total. The molecule has 1 aromatic carbocycles. The Balaban J connectivity index is 2.43. The molecule has 4 nitrogen and oxygen atoms in total. The van der Waals surface area contributed by atoms with Crippen molar-refractivity contribution < 1.29 is 9.90 Å². The Morgan fingerprint density at radius 2 is 2.00 bits per heavy atom. The van der Waals surface area contributed by atoms with Gasteiger partial charge in [0.25, 0.3) is 0 Å². The van der Waals surface area contributed by atoms with Gasteiger partial charge in [0.15, 0.2) is 0 Å². The van der Waals surface area contributed by atoms with Crippen LogP contribution in [0.3, 0.4) is 0 Å². The second-order valence-corrected chi connectivity index (χ2v) is 6.05. The van der Waals surface area contributed by atoms with Crippen LogP contribution in [-0.4, -0.2) is 21.0 Å². The molecule has 0 radical (unpaired) electrons. The molecule has 2 aromatic rings. The summed E-state index contributed by atoms with van der Waals surface area (Å²) in [6, 6.07) is 9.59. The van der Waals surface area contributed by atoms with Crippen LogP contribution in [0.4, 0.5) is 0 Å². The molecule has 5 heteroatoms. The highest BCUT2D eigenvalue weighted by Crippen LogP contribution is 2.29. The van der Waals surface area contributed by atoms with E-state index in [-0.39, 0.29) is 6.42 Å². The van der Waals surface area contributed by atoms with Gasteiger partial charge >= 0.3 is 5.97 Å². The summed E-state index contributed by atoms with van der Waals surface area (Å²) in [7, 11) is 0. The lowest BCUT2D eigenvalue weighted by atomic mass is 9.88. The monoisotopic (exact) mass is 334 g/mol. The standard InChI is InChI=1S/C15H15BrN2O2/c1-15(2,9-13(19)20)14-17-8-7-12(18-14)10-5-3-4-6-11(10)16/h3-8H,9H2,1-2H3,(H,19,20). The molecular formula is C15H15BrN2O2. The number of hydrogen-bond donors (Lipinski definition) is 1. The molecule has 0 spiro atoms. The van der Waals surface area contributed by atoms with Gasteiger partial charge in [-0.2, -0.15) is 0 Å². The molecule has 0 saturated carbocycles. The first-order chi connectivity index (χ1) is 9.40. The van der Waals surface area contributed by atoms with Gasteiger partial charge in [-0.3, -0.25) is 4.79 Å². The summed E-state index contributed by atoms with van der Waals surface area (Å²) in [5, 5.41) is 8.98. The van der Waals surface area contributed by atoms with Crippen LogP contribution in [0, 0.1) is 0 Å². The Morgan fingerprint density at radius 1 is 1.30 bits per heavy atom. The molecule has 0 fully saturated rings. The molecule has 0 amide bonds. The van der Waals surface area contributed by atoms with E-state index in [9.17, 15) is 4.79 Å². The van der Waals surface area contributed by atoms with Crippen molar-refractivity contribution in [2.45, 2.75) is 25.7 Å². The maximum Gasteiger partial charge on any atom is 0.304 e. The molecule has 20 heavy (non-hydrogen) atoms. The van der Waals surface area contributed by atoms with Crippen molar-refractivity contribution in [3.05, 3.63) is 46.8 Å². The molecule has 0 saturated heterocycles. The van der Waals surface area contributed by atoms with E-state index in [4.69, 9.17) is 5.11 Å². The molecule has 1 aromatic heterocycles. The van der Waals surface area contributed by atoms with Gasteiger partial charge in [-0.25, -0.2) is 9.97 Å². The van der Waals surface area contributed by atoms with Crippen LogP contribution in [0.5, 0.6) is 0 Å². The van der Waals surface area contributed by atoms with E-state index >= 15 is 0 Å². The predicted octanol–water partition coefficient (Wildman–Crippen LogP) is 3.66. The maximum absolute atomic E-state index is 10.9. The average Bonchev–Trinajstić information content (AvgIpc) is 2.38. The highest BCUT2D eigenvalue weighted by atomic mass is 79.9. The van der Waals surface area contributed by atoms with E-state index in [1.54, 1.807) is 6.20 Å². The van der Waals surface area contributed by atoms with E-state index in [1.807, 2.05) is 44.2 Å². The van der Waals surface area contributed by atoms with Crippen LogP contribution in [0.15, 0.2) is 41.0 Å². The highest BCUT2D eigenvalue weighted by molar-refractivity contribution is 9.10. The van der Waals surface area contributed by atoms with Crippen molar-refractivity contribution in [3.8, 4) is 11.3 Å². The normalized spacial score (nSPS) is 11.3. The first kappa shape index (κ1) is 14.7. The van der Waals surface area contributed by atoms with Gasteiger partial charge in [-0.15, -0.1) is 0 Å². The molecule has 0 aliphatic rings. The number of carbonyl (C=O) groups is 1. The first-order valence-electron chi connectivity index (χ1n) is 6.20. The predicted molar refractivity (Wildman–Crippen MR) is 80.4 cm³/mol. The fraction of sp³-hybridized carbons (Fsp3) is 0.267. The van der Waals surface area contributed by atoms with E-state index in [0.717, 1.165) is 15.7 Å². The summed E-state index contributed by atoms with van der Waals surface area (Å²) < 4.78 is 0.945. The molecule has 1 heterocycles. The van der Waals surface area contributed by atoms with E-state index < -0.39 is 11.4 Å². The minimum absolute atomic E-state index is 0.00753. The zero-order chi connectivity index (χ0) is 14.8. The zero-order valence-electron chi connectivity index (χ0n) is 11.3. The number of carboxylic acids is 1. The topological polar surface area (TPSA) is 63.1 Å². The number of aromatic nitrogens is 2. The SMILES string of the molecule is CC(C)(CC(=O)O)c1nccc(-c2ccccc2Br)n1. The quantitative estimate of drug-likeness (QED) is 0.926. The second-order valence-electron chi connectivity index (χ2n) is 5.20. The molecule has 0 unspecified atom stereocenters. The third-order valence-electron chi connectivity index (χ3n) is 3.00. The number of hydrogen-bond acceptors (Lipinski definition) is 3. The van der Waals surface area contributed by atoms with Crippen LogP contribution in [0.25, 0.3) is 11.3 Å². The summed E-state index contributed by atoms with van der Waals surface area (Å²) in [5.41, 5.74) is 1.13. The fourth-order valence-corrected chi connectivity index (χ4v) is 2.45. The van der Waals surface area contributed by atoms with Crippen molar-refractivity contribution in [1.29, 1.82) is 0 Å². The number of halogens is 1. The molecule has 104 valence electrons. The summed E-state index contributed by atoms with van der Waals surface area (Å²) >= 11 is 3.49. The lowest BCUT2D eigenvalue weighted by Gasteiger charge is -2.21. The molecule has 0 atom stereocenters. The summed E-state index contributed by atoms with van der Waals surface area (Å²) in [6.07, 6.45) is 1.66. The molecule has 0 bridgehead atoms. The minimum atomic E-state index is -0.857. The van der Waals surface area contributed by atoms with Gasteiger partial charge in [0.1, 0.15) is 5.82 Å². The summed E-state index contributed by atoms with van der Waals surface area (Å²) in [5.74, 6) is -0.321. The molecular weight excluding hydrogens is 320 g/mol. The van der Waals surface area contributed by atoms with Crippen LogP contribution in [0.1, 0.15) is 26.1 Å². The Morgan fingerprint density at radius 3 is 2.65 bits per heavy atom. The number of aliphatic carboxylic acids is 1. The number of nitrogens with zero attached hydrogens (tertiary/aromatic N) is 2. The van der Waals surface area contributed by atoms with Crippen molar-refractivity contribution in [2.75, 3.05) is 0 Å². The lowest BCUT2D eigenvalue weighted by Crippen LogP contribution is -2.24.